The van der Waals surface area contributed by atoms with Gasteiger partial charge in [-0.3, -0.25) is 24.7 Å². The third-order valence-corrected chi connectivity index (χ3v) is 6.82. The van der Waals surface area contributed by atoms with Gasteiger partial charge in [-0.2, -0.15) is 0 Å². The first-order valence-corrected chi connectivity index (χ1v) is 11.1. The van der Waals surface area contributed by atoms with Crippen LogP contribution in [0.5, 0.6) is 0 Å². The van der Waals surface area contributed by atoms with Crippen LogP contribution in [0.4, 0.5) is 14.5 Å². The van der Waals surface area contributed by atoms with Crippen molar-refractivity contribution in [1.29, 1.82) is 0 Å². The van der Waals surface area contributed by atoms with E-state index in [9.17, 15) is 19.3 Å². The van der Waals surface area contributed by atoms with Gasteiger partial charge in [-0.05, 0) is 30.7 Å². The van der Waals surface area contributed by atoms with Crippen LogP contribution in [0.15, 0.2) is 30.3 Å². The van der Waals surface area contributed by atoms with Crippen molar-refractivity contribution in [2.45, 2.75) is 6.42 Å². The summed E-state index contributed by atoms with van der Waals surface area (Å²) in [6.45, 7) is 4.31. The van der Waals surface area contributed by atoms with Gasteiger partial charge in [-0.25, -0.2) is 9.37 Å². The number of nitrogens with zero attached hydrogens (tertiary/aromatic N) is 4. The number of aromatic nitrogens is 1. The fourth-order valence-corrected chi connectivity index (χ4v) is 5.02. The van der Waals surface area contributed by atoms with Crippen molar-refractivity contribution in [3.8, 4) is 0 Å². The lowest BCUT2D eigenvalue weighted by Crippen LogP contribution is -2.39. The van der Waals surface area contributed by atoms with Gasteiger partial charge in [-0.15, -0.1) is 12.4 Å². The highest BCUT2D eigenvalue weighted by Gasteiger charge is 2.25. The van der Waals surface area contributed by atoms with Crippen molar-refractivity contribution < 1.29 is 18.8 Å². The Morgan fingerprint density at radius 3 is 2.74 bits per heavy atom. The molecule has 0 bridgehead atoms. The van der Waals surface area contributed by atoms with E-state index < -0.39 is 4.92 Å². The molecule has 3 aromatic rings. The summed E-state index contributed by atoms with van der Waals surface area (Å²) in [5.41, 5.74) is 0.611. The average molecular weight is 487 g/mol. The predicted molar refractivity (Wildman–Crippen MR) is 121 cm³/mol. The number of rotatable bonds is 7. The molecular weight excluding hydrogens is 467 g/mol. The van der Waals surface area contributed by atoms with Crippen molar-refractivity contribution in [3.63, 3.8) is 0 Å². The highest BCUT2D eigenvalue weighted by Crippen LogP contribution is 2.32. The molecule has 0 spiro atoms. The van der Waals surface area contributed by atoms with E-state index in [2.05, 4.69) is 9.88 Å². The lowest BCUT2D eigenvalue weighted by atomic mass is 10.3. The molecule has 0 saturated carbocycles. The maximum Gasteiger partial charge on any atom is 0.324 e. The largest absolute Gasteiger partial charge is 0.379 e. The monoisotopic (exact) mass is 486 g/mol. The minimum absolute atomic E-state index is 0. The minimum atomic E-state index is -0.509. The molecule has 12 heteroatoms. The summed E-state index contributed by atoms with van der Waals surface area (Å²) in [6.07, 6.45) is 0.712. The number of benzene rings is 1. The summed E-state index contributed by atoms with van der Waals surface area (Å²) in [4.78, 5) is 32.3. The van der Waals surface area contributed by atoms with E-state index in [4.69, 9.17) is 4.74 Å². The molecule has 8 nitrogen and oxygen atoms in total. The molecule has 2 aromatic heterocycles. The van der Waals surface area contributed by atoms with Gasteiger partial charge in [0.2, 0.25) is 0 Å². The van der Waals surface area contributed by atoms with E-state index >= 15 is 0 Å². The Morgan fingerprint density at radius 2 is 2.03 bits per heavy atom. The first-order chi connectivity index (χ1) is 14.5. The Kier molecular flexibility index (Phi) is 7.89. The second-order valence-electron chi connectivity index (χ2n) is 6.77. The summed E-state index contributed by atoms with van der Waals surface area (Å²) in [5, 5.41) is 11.4. The van der Waals surface area contributed by atoms with Gasteiger partial charge in [0.15, 0.2) is 5.13 Å². The SMILES string of the molecule is Cl.O=C(c1ccc([N+](=O)[O-])s1)N(CCCN1CCOCC1)c1nc2ccc(F)cc2s1. The third-order valence-electron chi connectivity index (χ3n) is 4.76. The number of thiophene rings is 1. The van der Waals surface area contributed by atoms with E-state index in [1.807, 2.05) is 0 Å². The quantitative estimate of drug-likeness (QED) is 0.367. The van der Waals surface area contributed by atoms with E-state index in [0.29, 0.717) is 41.5 Å². The van der Waals surface area contributed by atoms with Gasteiger partial charge in [0.1, 0.15) is 5.82 Å². The number of amides is 1. The molecule has 0 N–H and O–H groups in total. The number of nitro groups is 1. The highest BCUT2D eigenvalue weighted by atomic mass is 35.5. The molecule has 1 amide bonds. The lowest BCUT2D eigenvalue weighted by Gasteiger charge is -2.27. The molecule has 1 aliphatic rings. The number of morpholine rings is 1. The smallest absolute Gasteiger partial charge is 0.324 e. The fraction of sp³-hybridized carbons (Fsp3) is 0.368. The van der Waals surface area contributed by atoms with Crippen LogP contribution >= 0.6 is 35.1 Å². The predicted octanol–water partition coefficient (Wildman–Crippen LogP) is 4.20. The molecule has 1 saturated heterocycles. The van der Waals surface area contributed by atoms with Crippen LogP contribution in [0.1, 0.15) is 16.1 Å². The van der Waals surface area contributed by atoms with Crippen LogP contribution in [-0.2, 0) is 4.74 Å². The number of halogens is 2. The standard InChI is InChI=1S/C19H19FN4O4S2.ClH/c20-13-2-3-14-16(12-13)30-19(21-14)23(7-1-6-22-8-10-28-11-9-22)18(25)15-4-5-17(29-15)24(26)27;/h2-5,12H,1,6-11H2;1H. The van der Waals surface area contributed by atoms with Crippen molar-refractivity contribution in [1.82, 2.24) is 9.88 Å². The van der Waals surface area contributed by atoms with Crippen molar-refractivity contribution in [3.05, 3.63) is 51.1 Å². The van der Waals surface area contributed by atoms with Crippen molar-refractivity contribution in [2.24, 2.45) is 0 Å². The second-order valence-corrected chi connectivity index (χ2v) is 8.84. The Hall–Kier alpha value is -2.18. The first kappa shape index (κ1) is 23.5. The maximum absolute atomic E-state index is 13.6. The molecule has 0 radical (unpaired) electrons. The van der Waals surface area contributed by atoms with E-state index in [1.165, 1.54) is 35.6 Å². The van der Waals surface area contributed by atoms with Gasteiger partial charge in [-0.1, -0.05) is 22.7 Å². The van der Waals surface area contributed by atoms with Crippen LogP contribution in [0.3, 0.4) is 0 Å². The highest BCUT2D eigenvalue weighted by molar-refractivity contribution is 7.22. The second kappa shape index (κ2) is 10.4. The molecule has 31 heavy (non-hydrogen) atoms. The van der Waals surface area contributed by atoms with E-state index in [1.54, 1.807) is 11.0 Å². The molecule has 0 unspecified atom stereocenters. The zero-order valence-electron chi connectivity index (χ0n) is 16.4. The molecule has 1 aromatic carbocycles. The van der Waals surface area contributed by atoms with Gasteiger partial charge < -0.3 is 4.74 Å². The number of carbonyl (C=O) groups is 1. The van der Waals surface area contributed by atoms with Gasteiger partial charge in [0, 0.05) is 32.2 Å². The molecule has 0 atom stereocenters. The zero-order chi connectivity index (χ0) is 21.1. The molecule has 1 fully saturated rings. The van der Waals surface area contributed by atoms with Crippen LogP contribution < -0.4 is 4.90 Å². The molecule has 0 aliphatic carbocycles. The van der Waals surface area contributed by atoms with Gasteiger partial charge in [0.05, 0.1) is 33.2 Å². The van der Waals surface area contributed by atoms with Crippen LogP contribution in [0, 0.1) is 15.9 Å². The zero-order valence-corrected chi connectivity index (χ0v) is 18.8. The molecule has 3 heterocycles. The maximum atomic E-state index is 13.6. The number of fused-ring (bicyclic) bond motifs is 1. The van der Waals surface area contributed by atoms with Crippen LogP contribution in [0.25, 0.3) is 10.2 Å². The Morgan fingerprint density at radius 1 is 1.26 bits per heavy atom. The number of carbonyl (C=O) groups excluding carboxylic acids is 1. The third kappa shape index (κ3) is 5.55. The Labute approximate surface area is 191 Å². The van der Waals surface area contributed by atoms with Crippen molar-refractivity contribution >= 4 is 61.3 Å². The fourth-order valence-electron chi connectivity index (χ4n) is 3.24. The number of hydrogen-bond acceptors (Lipinski definition) is 8. The lowest BCUT2D eigenvalue weighted by molar-refractivity contribution is -0.380. The summed E-state index contributed by atoms with van der Waals surface area (Å²) in [5.74, 6) is -0.702. The summed E-state index contributed by atoms with van der Waals surface area (Å²) in [6, 6.07) is 7.10. The first-order valence-electron chi connectivity index (χ1n) is 9.43. The molecule has 166 valence electrons. The van der Waals surface area contributed by atoms with E-state index in [0.717, 1.165) is 31.0 Å². The Bertz CT molecular complexity index is 1070. The van der Waals surface area contributed by atoms with E-state index in [-0.39, 0.29) is 34.0 Å². The van der Waals surface area contributed by atoms with Crippen LogP contribution in [-0.4, -0.2) is 60.1 Å². The van der Waals surface area contributed by atoms with Crippen molar-refractivity contribution in [2.75, 3.05) is 44.3 Å². The summed E-state index contributed by atoms with van der Waals surface area (Å²) < 4.78 is 19.6. The molecular formula is C19H20ClFN4O4S2. The Balaban J connectivity index is 0.00000272. The topological polar surface area (TPSA) is 88.8 Å². The molecule has 4 rings (SSSR count). The normalized spacial score (nSPS) is 14.4. The number of anilines is 1. The van der Waals surface area contributed by atoms with Gasteiger partial charge >= 0.3 is 5.00 Å². The minimum Gasteiger partial charge on any atom is -0.379 e. The number of thiazole rings is 1. The number of hydrogen-bond donors (Lipinski definition) is 0. The van der Waals surface area contributed by atoms with Crippen LogP contribution in [0.2, 0.25) is 0 Å². The summed E-state index contributed by atoms with van der Waals surface area (Å²) >= 11 is 2.08. The number of ether oxygens (including phenoxy) is 1. The summed E-state index contributed by atoms with van der Waals surface area (Å²) in [7, 11) is 0. The molecule has 1 aliphatic heterocycles. The average Bonchev–Trinajstić information content (AvgIpc) is 3.38. The van der Waals surface area contributed by atoms with Gasteiger partial charge in [0.25, 0.3) is 5.91 Å².